The second-order valence-electron chi connectivity index (χ2n) is 4.42. The van der Waals surface area contributed by atoms with Gasteiger partial charge in [0.2, 0.25) is 0 Å². The van der Waals surface area contributed by atoms with Crippen molar-refractivity contribution in [1.82, 2.24) is 4.90 Å². The minimum Gasteiger partial charge on any atom is -0.391 e. The average Bonchev–Trinajstić information content (AvgIpc) is 2.32. The molecule has 0 aromatic heterocycles. The smallest absolute Gasteiger partial charge is 0.120 e. The van der Waals surface area contributed by atoms with Crippen molar-refractivity contribution in [1.29, 1.82) is 0 Å². The fourth-order valence-corrected chi connectivity index (χ4v) is 2.19. The SMILES string of the molecule is Cc1ccccc1CN1CCOC(C(N)=S)C1. The summed E-state index contributed by atoms with van der Waals surface area (Å²) in [5.74, 6) is 0. The van der Waals surface area contributed by atoms with Crippen molar-refractivity contribution in [3.8, 4) is 0 Å². The summed E-state index contributed by atoms with van der Waals surface area (Å²) >= 11 is 4.98. The van der Waals surface area contributed by atoms with Gasteiger partial charge in [0.25, 0.3) is 0 Å². The Kier molecular flexibility index (Phi) is 4.10. The molecular weight excluding hydrogens is 232 g/mol. The van der Waals surface area contributed by atoms with E-state index in [0.29, 0.717) is 11.6 Å². The van der Waals surface area contributed by atoms with Gasteiger partial charge in [-0.05, 0) is 18.1 Å². The monoisotopic (exact) mass is 250 g/mol. The predicted octanol–water partition coefficient (Wildman–Crippen LogP) is 1.48. The summed E-state index contributed by atoms with van der Waals surface area (Å²) in [4.78, 5) is 2.80. The molecular formula is C13H18N2OS. The van der Waals surface area contributed by atoms with Crippen LogP contribution < -0.4 is 5.73 Å². The molecule has 1 saturated heterocycles. The Hall–Kier alpha value is -0.970. The van der Waals surface area contributed by atoms with E-state index in [2.05, 4.69) is 36.1 Å². The first-order valence-corrected chi connectivity index (χ1v) is 6.25. The summed E-state index contributed by atoms with van der Waals surface area (Å²) in [6, 6.07) is 8.45. The summed E-state index contributed by atoms with van der Waals surface area (Å²) in [6.07, 6.45) is -0.0947. The minimum atomic E-state index is -0.0947. The van der Waals surface area contributed by atoms with Crippen LogP contribution in [0.5, 0.6) is 0 Å². The van der Waals surface area contributed by atoms with E-state index < -0.39 is 0 Å². The lowest BCUT2D eigenvalue weighted by Crippen LogP contribution is -2.47. The number of ether oxygens (including phenoxy) is 1. The summed E-state index contributed by atoms with van der Waals surface area (Å²) in [6.45, 7) is 5.51. The lowest BCUT2D eigenvalue weighted by Gasteiger charge is -2.32. The van der Waals surface area contributed by atoms with Crippen molar-refractivity contribution < 1.29 is 4.74 Å². The number of nitrogens with two attached hydrogens (primary N) is 1. The maximum Gasteiger partial charge on any atom is 0.120 e. The highest BCUT2D eigenvalue weighted by Gasteiger charge is 2.22. The zero-order valence-corrected chi connectivity index (χ0v) is 10.9. The standard InChI is InChI=1S/C13H18N2OS/c1-10-4-2-3-5-11(10)8-15-6-7-16-12(9-15)13(14)17/h2-5,12H,6-9H2,1H3,(H2,14,17). The molecule has 1 unspecified atom stereocenters. The minimum absolute atomic E-state index is 0.0947. The van der Waals surface area contributed by atoms with Crippen LogP contribution in [0, 0.1) is 6.92 Å². The van der Waals surface area contributed by atoms with Crippen LogP contribution in [-0.4, -0.2) is 35.7 Å². The third-order valence-electron chi connectivity index (χ3n) is 3.12. The van der Waals surface area contributed by atoms with Gasteiger partial charge >= 0.3 is 0 Å². The molecule has 0 aliphatic carbocycles. The molecule has 2 rings (SSSR count). The van der Waals surface area contributed by atoms with E-state index in [0.717, 1.165) is 19.6 Å². The van der Waals surface area contributed by atoms with Crippen LogP contribution in [0.4, 0.5) is 0 Å². The van der Waals surface area contributed by atoms with Gasteiger partial charge < -0.3 is 10.5 Å². The zero-order chi connectivity index (χ0) is 12.3. The van der Waals surface area contributed by atoms with E-state index in [-0.39, 0.29) is 6.10 Å². The molecule has 92 valence electrons. The largest absolute Gasteiger partial charge is 0.391 e. The number of hydrogen-bond donors (Lipinski definition) is 1. The molecule has 1 fully saturated rings. The molecule has 17 heavy (non-hydrogen) atoms. The van der Waals surface area contributed by atoms with E-state index >= 15 is 0 Å². The van der Waals surface area contributed by atoms with Crippen LogP contribution in [0.3, 0.4) is 0 Å². The van der Waals surface area contributed by atoms with E-state index in [9.17, 15) is 0 Å². The highest BCUT2D eigenvalue weighted by atomic mass is 32.1. The number of nitrogens with zero attached hydrogens (tertiary/aromatic N) is 1. The highest BCUT2D eigenvalue weighted by Crippen LogP contribution is 2.13. The summed E-state index contributed by atoms with van der Waals surface area (Å²) in [7, 11) is 0. The van der Waals surface area contributed by atoms with Crippen LogP contribution in [0.1, 0.15) is 11.1 Å². The Bertz CT molecular complexity index is 408. The van der Waals surface area contributed by atoms with Crippen LogP contribution >= 0.6 is 12.2 Å². The molecule has 1 aromatic carbocycles. The maximum atomic E-state index is 5.63. The quantitative estimate of drug-likeness (QED) is 0.825. The first kappa shape index (κ1) is 12.5. The molecule has 0 radical (unpaired) electrons. The van der Waals surface area contributed by atoms with Crippen molar-refractivity contribution in [3.05, 3.63) is 35.4 Å². The number of benzene rings is 1. The fourth-order valence-electron chi connectivity index (χ4n) is 2.05. The van der Waals surface area contributed by atoms with Gasteiger partial charge in [0.15, 0.2) is 0 Å². The first-order chi connectivity index (χ1) is 8.16. The van der Waals surface area contributed by atoms with Gasteiger partial charge in [-0.25, -0.2) is 0 Å². The number of morpholine rings is 1. The Labute approximate surface area is 108 Å². The Balaban J connectivity index is 1.99. The van der Waals surface area contributed by atoms with Crippen molar-refractivity contribution in [3.63, 3.8) is 0 Å². The molecule has 0 saturated carbocycles. The summed E-state index contributed by atoms with van der Waals surface area (Å²) < 4.78 is 5.53. The number of rotatable bonds is 3. The second-order valence-corrected chi connectivity index (χ2v) is 4.89. The van der Waals surface area contributed by atoms with Gasteiger partial charge in [0.1, 0.15) is 11.1 Å². The van der Waals surface area contributed by atoms with Gasteiger partial charge in [0, 0.05) is 19.6 Å². The molecule has 0 amide bonds. The lowest BCUT2D eigenvalue weighted by molar-refractivity contribution is 0.00384. The summed E-state index contributed by atoms with van der Waals surface area (Å²) in [5.41, 5.74) is 8.31. The van der Waals surface area contributed by atoms with Gasteiger partial charge in [-0.15, -0.1) is 0 Å². The predicted molar refractivity (Wildman–Crippen MR) is 73.0 cm³/mol. The third-order valence-corrected chi connectivity index (χ3v) is 3.39. The van der Waals surface area contributed by atoms with Crippen molar-refractivity contribution in [2.75, 3.05) is 19.7 Å². The van der Waals surface area contributed by atoms with Crippen LogP contribution in [0.2, 0.25) is 0 Å². The van der Waals surface area contributed by atoms with Crippen molar-refractivity contribution in [2.24, 2.45) is 5.73 Å². The molecule has 1 aliphatic rings. The van der Waals surface area contributed by atoms with Gasteiger partial charge in [-0.1, -0.05) is 36.5 Å². The van der Waals surface area contributed by atoms with Gasteiger partial charge in [-0.3, -0.25) is 4.90 Å². The van der Waals surface area contributed by atoms with E-state index in [1.807, 2.05) is 0 Å². The molecule has 1 heterocycles. The zero-order valence-electron chi connectivity index (χ0n) is 10.1. The lowest BCUT2D eigenvalue weighted by atomic mass is 10.1. The van der Waals surface area contributed by atoms with E-state index in [4.69, 9.17) is 22.7 Å². The topological polar surface area (TPSA) is 38.5 Å². The average molecular weight is 250 g/mol. The molecule has 4 heteroatoms. The Morgan fingerprint density at radius 1 is 1.53 bits per heavy atom. The van der Waals surface area contributed by atoms with Crippen molar-refractivity contribution in [2.45, 2.75) is 19.6 Å². The molecule has 1 aromatic rings. The molecule has 0 bridgehead atoms. The molecule has 0 spiro atoms. The van der Waals surface area contributed by atoms with Crippen LogP contribution in [-0.2, 0) is 11.3 Å². The van der Waals surface area contributed by atoms with Crippen LogP contribution in [0.25, 0.3) is 0 Å². The molecule has 3 nitrogen and oxygen atoms in total. The second kappa shape index (κ2) is 5.58. The summed E-state index contributed by atoms with van der Waals surface area (Å²) in [5, 5.41) is 0. The number of hydrogen-bond acceptors (Lipinski definition) is 3. The number of thiocarbonyl (C=S) groups is 1. The van der Waals surface area contributed by atoms with E-state index in [1.165, 1.54) is 11.1 Å². The third kappa shape index (κ3) is 3.25. The normalized spacial score (nSPS) is 21.4. The fraction of sp³-hybridized carbons (Fsp3) is 0.462. The van der Waals surface area contributed by atoms with Crippen molar-refractivity contribution >= 4 is 17.2 Å². The number of aryl methyl sites for hydroxylation is 1. The van der Waals surface area contributed by atoms with Gasteiger partial charge in [-0.2, -0.15) is 0 Å². The van der Waals surface area contributed by atoms with Gasteiger partial charge in [0.05, 0.1) is 6.61 Å². The Morgan fingerprint density at radius 2 is 2.29 bits per heavy atom. The first-order valence-electron chi connectivity index (χ1n) is 5.84. The maximum absolute atomic E-state index is 5.63. The van der Waals surface area contributed by atoms with Crippen LogP contribution in [0.15, 0.2) is 24.3 Å². The molecule has 1 aliphatic heterocycles. The molecule has 2 N–H and O–H groups in total. The Morgan fingerprint density at radius 3 is 3.00 bits per heavy atom. The highest BCUT2D eigenvalue weighted by molar-refractivity contribution is 7.80. The van der Waals surface area contributed by atoms with E-state index in [1.54, 1.807) is 0 Å². The molecule has 1 atom stereocenters.